The molecule has 1 fully saturated rings. The molecule has 6 nitrogen and oxygen atoms in total. The Morgan fingerprint density at radius 1 is 1.40 bits per heavy atom. The van der Waals surface area contributed by atoms with E-state index in [1.807, 2.05) is 35.4 Å². The molecule has 1 N–H and O–H groups in total. The molecule has 0 radical (unpaired) electrons. The number of hydrogen-bond acceptors (Lipinski definition) is 5. The molecule has 25 heavy (non-hydrogen) atoms. The Bertz CT molecular complexity index is 747. The summed E-state index contributed by atoms with van der Waals surface area (Å²) in [5.41, 5.74) is 1.97. The van der Waals surface area contributed by atoms with Crippen LogP contribution < -0.4 is 14.8 Å². The molecule has 0 aliphatic carbocycles. The minimum Gasteiger partial charge on any atom is -0.497 e. The summed E-state index contributed by atoms with van der Waals surface area (Å²) in [5, 5.41) is 5.89. The van der Waals surface area contributed by atoms with E-state index in [0.29, 0.717) is 6.54 Å². The number of hydrogen-bond donors (Lipinski definition) is 1. The highest BCUT2D eigenvalue weighted by atomic mass is 32.1. The number of thiazole rings is 1. The van der Waals surface area contributed by atoms with Crippen LogP contribution in [0.15, 0.2) is 23.6 Å². The van der Waals surface area contributed by atoms with Crippen molar-refractivity contribution in [1.29, 1.82) is 0 Å². The maximum atomic E-state index is 12.7. The number of ether oxygens (including phenoxy) is 2. The summed E-state index contributed by atoms with van der Waals surface area (Å²) >= 11 is 1.56. The van der Waals surface area contributed by atoms with Crippen LogP contribution in [0.5, 0.6) is 11.5 Å². The van der Waals surface area contributed by atoms with Crippen LogP contribution in [0.3, 0.4) is 0 Å². The molecular weight excluding hydrogens is 338 g/mol. The Morgan fingerprint density at radius 2 is 2.24 bits per heavy atom. The summed E-state index contributed by atoms with van der Waals surface area (Å²) in [4.78, 5) is 18.9. The van der Waals surface area contributed by atoms with Crippen molar-refractivity contribution < 1.29 is 14.3 Å². The third-order valence-electron chi connectivity index (χ3n) is 4.37. The van der Waals surface area contributed by atoms with E-state index in [-0.39, 0.29) is 12.1 Å². The van der Waals surface area contributed by atoms with Crippen LogP contribution in [-0.2, 0) is 6.54 Å². The number of rotatable bonds is 5. The third kappa shape index (κ3) is 3.87. The van der Waals surface area contributed by atoms with Gasteiger partial charge in [-0.15, -0.1) is 11.3 Å². The van der Waals surface area contributed by atoms with E-state index < -0.39 is 0 Å². The van der Waals surface area contributed by atoms with Gasteiger partial charge in [0.1, 0.15) is 16.5 Å². The fourth-order valence-electron chi connectivity index (χ4n) is 3.17. The van der Waals surface area contributed by atoms with Gasteiger partial charge < -0.3 is 19.7 Å². The number of urea groups is 1. The zero-order valence-corrected chi connectivity index (χ0v) is 15.6. The molecule has 0 saturated carbocycles. The summed E-state index contributed by atoms with van der Waals surface area (Å²) in [6, 6.07) is 5.63. The van der Waals surface area contributed by atoms with Gasteiger partial charge >= 0.3 is 6.03 Å². The molecule has 1 atom stereocenters. The van der Waals surface area contributed by atoms with Gasteiger partial charge in [-0.2, -0.15) is 0 Å². The Morgan fingerprint density at radius 3 is 2.92 bits per heavy atom. The van der Waals surface area contributed by atoms with Crippen molar-refractivity contribution in [3.63, 3.8) is 0 Å². The van der Waals surface area contributed by atoms with Crippen molar-refractivity contribution in [2.45, 2.75) is 32.4 Å². The molecule has 0 bridgehead atoms. The average Bonchev–Trinajstić information content (AvgIpc) is 3.28. The van der Waals surface area contributed by atoms with E-state index in [1.54, 1.807) is 25.6 Å². The van der Waals surface area contributed by atoms with Crippen LogP contribution in [0.2, 0.25) is 0 Å². The fraction of sp³-hybridized carbons (Fsp3) is 0.444. The van der Waals surface area contributed by atoms with Gasteiger partial charge in [0.15, 0.2) is 0 Å². The van der Waals surface area contributed by atoms with E-state index in [4.69, 9.17) is 9.47 Å². The largest absolute Gasteiger partial charge is 0.497 e. The molecule has 1 aromatic carbocycles. The lowest BCUT2D eigenvalue weighted by molar-refractivity contribution is 0.191. The number of likely N-dealkylation sites (tertiary alicyclic amines) is 1. The minimum absolute atomic E-state index is 0.0110. The molecule has 1 aliphatic rings. The van der Waals surface area contributed by atoms with E-state index in [0.717, 1.165) is 47.2 Å². The topological polar surface area (TPSA) is 63.7 Å². The summed E-state index contributed by atoms with van der Waals surface area (Å²) in [7, 11) is 3.29. The zero-order chi connectivity index (χ0) is 17.8. The molecule has 1 aliphatic heterocycles. The number of aromatic nitrogens is 1. The third-order valence-corrected chi connectivity index (χ3v) is 5.33. The molecule has 2 heterocycles. The van der Waals surface area contributed by atoms with Crippen molar-refractivity contribution in [1.82, 2.24) is 15.2 Å². The summed E-state index contributed by atoms with van der Waals surface area (Å²) < 4.78 is 10.8. The number of aryl methyl sites for hydroxylation is 1. The Balaban J connectivity index is 1.74. The molecule has 2 amide bonds. The second-order valence-corrected chi connectivity index (χ2v) is 6.94. The molecule has 1 saturated heterocycles. The number of methoxy groups -OCH3 is 2. The lowest BCUT2D eigenvalue weighted by atomic mass is 10.0. The van der Waals surface area contributed by atoms with Crippen LogP contribution in [0.4, 0.5) is 4.79 Å². The predicted octanol–water partition coefficient (Wildman–Crippen LogP) is 3.52. The number of benzene rings is 1. The van der Waals surface area contributed by atoms with Gasteiger partial charge in [-0.1, -0.05) is 0 Å². The highest BCUT2D eigenvalue weighted by Crippen LogP contribution is 2.38. The van der Waals surface area contributed by atoms with Crippen molar-refractivity contribution in [3.05, 3.63) is 39.8 Å². The van der Waals surface area contributed by atoms with Crippen LogP contribution in [0, 0.1) is 6.92 Å². The standard InChI is InChI=1S/C18H23N3O3S/c1-12-11-25-17(20-12)10-19-18(22)21-8-4-5-15(21)14-9-13(23-2)6-7-16(14)24-3/h6-7,9,11,15H,4-5,8,10H2,1-3H3,(H,19,22)/t15-/m1/s1. The summed E-state index contributed by atoms with van der Waals surface area (Å²) in [5.74, 6) is 1.54. The van der Waals surface area contributed by atoms with Gasteiger partial charge in [0.2, 0.25) is 0 Å². The number of amides is 2. The first kappa shape index (κ1) is 17.5. The van der Waals surface area contributed by atoms with Gasteiger partial charge in [0.05, 0.1) is 26.8 Å². The SMILES string of the molecule is COc1ccc(OC)c([C@H]2CCCN2C(=O)NCc2nc(C)cs2)c1. The Hall–Kier alpha value is -2.28. The van der Waals surface area contributed by atoms with Crippen molar-refractivity contribution in [2.24, 2.45) is 0 Å². The first-order valence-corrected chi connectivity index (χ1v) is 9.17. The van der Waals surface area contributed by atoms with Gasteiger partial charge in [-0.25, -0.2) is 9.78 Å². The molecule has 3 rings (SSSR count). The highest BCUT2D eigenvalue weighted by molar-refractivity contribution is 7.09. The van der Waals surface area contributed by atoms with E-state index in [9.17, 15) is 4.79 Å². The molecule has 1 aromatic heterocycles. The van der Waals surface area contributed by atoms with Crippen LogP contribution in [0.1, 0.15) is 35.1 Å². The van der Waals surface area contributed by atoms with E-state index in [2.05, 4.69) is 10.3 Å². The lowest BCUT2D eigenvalue weighted by Gasteiger charge is -2.26. The van der Waals surface area contributed by atoms with Crippen LogP contribution in [-0.4, -0.2) is 36.7 Å². The predicted molar refractivity (Wildman–Crippen MR) is 97.3 cm³/mol. The number of nitrogens with zero attached hydrogens (tertiary/aromatic N) is 2. The number of carbonyl (C=O) groups excluding carboxylic acids is 1. The Labute approximate surface area is 151 Å². The molecule has 7 heteroatoms. The van der Waals surface area contributed by atoms with Crippen molar-refractivity contribution in [2.75, 3.05) is 20.8 Å². The molecular formula is C18H23N3O3S. The van der Waals surface area contributed by atoms with E-state index >= 15 is 0 Å². The minimum atomic E-state index is -0.0692. The van der Waals surface area contributed by atoms with Crippen molar-refractivity contribution >= 4 is 17.4 Å². The lowest BCUT2D eigenvalue weighted by Crippen LogP contribution is -2.39. The quantitative estimate of drug-likeness (QED) is 0.885. The van der Waals surface area contributed by atoms with E-state index in [1.165, 1.54) is 0 Å². The molecule has 134 valence electrons. The first-order valence-electron chi connectivity index (χ1n) is 8.29. The summed E-state index contributed by atoms with van der Waals surface area (Å²) in [6.07, 6.45) is 1.88. The maximum absolute atomic E-state index is 12.7. The second kappa shape index (κ2) is 7.74. The van der Waals surface area contributed by atoms with Gasteiger partial charge in [-0.3, -0.25) is 0 Å². The maximum Gasteiger partial charge on any atom is 0.318 e. The second-order valence-electron chi connectivity index (χ2n) is 6.00. The first-order chi connectivity index (χ1) is 12.1. The van der Waals surface area contributed by atoms with Crippen LogP contribution >= 0.6 is 11.3 Å². The summed E-state index contributed by atoms with van der Waals surface area (Å²) in [6.45, 7) is 3.14. The monoisotopic (exact) mass is 361 g/mol. The smallest absolute Gasteiger partial charge is 0.318 e. The van der Waals surface area contributed by atoms with Crippen LogP contribution in [0.25, 0.3) is 0 Å². The molecule has 0 spiro atoms. The Kier molecular flexibility index (Phi) is 5.43. The van der Waals surface area contributed by atoms with Gasteiger partial charge in [0.25, 0.3) is 0 Å². The van der Waals surface area contributed by atoms with Gasteiger partial charge in [0, 0.05) is 23.2 Å². The average molecular weight is 361 g/mol. The van der Waals surface area contributed by atoms with Crippen molar-refractivity contribution in [3.8, 4) is 11.5 Å². The number of nitrogens with one attached hydrogen (secondary N) is 1. The zero-order valence-electron chi connectivity index (χ0n) is 14.7. The number of carbonyl (C=O) groups is 1. The van der Waals surface area contributed by atoms with Gasteiger partial charge in [-0.05, 0) is 38.0 Å². The molecule has 0 unspecified atom stereocenters. The molecule has 2 aromatic rings. The highest BCUT2D eigenvalue weighted by Gasteiger charge is 2.32. The normalized spacial score (nSPS) is 16.8. The fourth-order valence-corrected chi connectivity index (χ4v) is 3.88.